The second kappa shape index (κ2) is 6.86. The number of nitrogens with zero attached hydrogens (tertiary/aromatic N) is 2. The summed E-state index contributed by atoms with van der Waals surface area (Å²) in [6.07, 6.45) is 3.50. The van der Waals surface area contributed by atoms with Crippen molar-refractivity contribution >= 4 is 15.9 Å². The number of carbonyl (C=O) groups excluding carboxylic acids is 1. The summed E-state index contributed by atoms with van der Waals surface area (Å²) in [5.74, 6) is 0.0712. The van der Waals surface area contributed by atoms with Gasteiger partial charge in [-0.25, -0.2) is 13.2 Å². The summed E-state index contributed by atoms with van der Waals surface area (Å²) in [6, 6.07) is 3.42. The van der Waals surface area contributed by atoms with E-state index in [1.54, 1.807) is 29.4 Å². The van der Waals surface area contributed by atoms with Crippen LogP contribution in [0.4, 0.5) is 4.79 Å². The highest BCUT2D eigenvalue weighted by atomic mass is 32.2. The monoisotopic (exact) mass is 340 g/mol. The number of pyridine rings is 1. The number of hydrogen-bond donors (Lipinski definition) is 0. The summed E-state index contributed by atoms with van der Waals surface area (Å²) in [5.41, 5.74) is 0.199. The average Bonchev–Trinajstić information content (AvgIpc) is 2.85. The minimum Gasteiger partial charge on any atom is -0.444 e. The zero-order valence-electron chi connectivity index (χ0n) is 13.9. The molecule has 1 saturated heterocycles. The lowest BCUT2D eigenvalue weighted by Gasteiger charge is -2.24. The molecule has 23 heavy (non-hydrogen) atoms. The maximum atomic E-state index is 12.3. The molecule has 1 amide bonds. The molecule has 0 saturated carbocycles. The smallest absolute Gasteiger partial charge is 0.410 e. The molecule has 0 aromatic carbocycles. The van der Waals surface area contributed by atoms with Crippen LogP contribution in [0.15, 0.2) is 24.5 Å². The van der Waals surface area contributed by atoms with E-state index in [1.165, 1.54) is 0 Å². The third kappa shape index (κ3) is 5.82. The summed E-state index contributed by atoms with van der Waals surface area (Å²) >= 11 is 0. The summed E-state index contributed by atoms with van der Waals surface area (Å²) in [5, 5.41) is 0. The van der Waals surface area contributed by atoms with Crippen LogP contribution < -0.4 is 0 Å². The van der Waals surface area contributed by atoms with Gasteiger partial charge in [0.1, 0.15) is 5.60 Å². The molecule has 1 unspecified atom stereocenters. The fraction of sp³-hybridized carbons (Fsp3) is 0.625. The van der Waals surface area contributed by atoms with Crippen LogP contribution in [0.25, 0.3) is 0 Å². The van der Waals surface area contributed by atoms with Gasteiger partial charge >= 0.3 is 6.09 Å². The van der Waals surface area contributed by atoms with Crippen LogP contribution in [0.5, 0.6) is 0 Å². The Labute approximate surface area is 137 Å². The fourth-order valence-electron chi connectivity index (χ4n) is 2.61. The number of rotatable bonds is 4. The van der Waals surface area contributed by atoms with Crippen molar-refractivity contribution in [3.8, 4) is 0 Å². The van der Waals surface area contributed by atoms with Gasteiger partial charge in [-0.1, -0.05) is 0 Å². The highest BCUT2D eigenvalue weighted by Gasteiger charge is 2.32. The highest BCUT2D eigenvalue weighted by molar-refractivity contribution is 7.90. The molecule has 1 fully saturated rings. The summed E-state index contributed by atoms with van der Waals surface area (Å²) in [4.78, 5) is 17.5. The zero-order chi connectivity index (χ0) is 17.1. The largest absolute Gasteiger partial charge is 0.444 e. The van der Waals surface area contributed by atoms with E-state index in [2.05, 4.69) is 4.98 Å². The third-order valence-corrected chi connectivity index (χ3v) is 5.32. The lowest BCUT2D eigenvalue weighted by Crippen LogP contribution is -2.35. The first-order valence-corrected chi connectivity index (χ1v) is 9.54. The van der Waals surface area contributed by atoms with E-state index in [-0.39, 0.29) is 23.5 Å². The van der Waals surface area contributed by atoms with Crippen LogP contribution in [0, 0.1) is 5.92 Å². The van der Waals surface area contributed by atoms with Crippen molar-refractivity contribution in [3.05, 3.63) is 30.1 Å². The molecule has 6 nitrogen and oxygen atoms in total. The highest BCUT2D eigenvalue weighted by Crippen LogP contribution is 2.22. The van der Waals surface area contributed by atoms with Gasteiger partial charge in [0, 0.05) is 25.5 Å². The van der Waals surface area contributed by atoms with E-state index in [4.69, 9.17) is 4.74 Å². The van der Waals surface area contributed by atoms with Gasteiger partial charge in [0.25, 0.3) is 0 Å². The quantitative estimate of drug-likeness (QED) is 0.840. The molecule has 0 aliphatic carbocycles. The summed E-state index contributed by atoms with van der Waals surface area (Å²) in [6.45, 7) is 6.43. The number of likely N-dealkylation sites (tertiary alicyclic amines) is 1. The molecule has 7 heteroatoms. The van der Waals surface area contributed by atoms with E-state index in [1.807, 2.05) is 20.8 Å². The van der Waals surface area contributed by atoms with Crippen molar-refractivity contribution in [2.24, 2.45) is 5.92 Å². The number of aromatic nitrogens is 1. The molecular weight excluding hydrogens is 316 g/mol. The zero-order valence-corrected chi connectivity index (χ0v) is 14.7. The van der Waals surface area contributed by atoms with Crippen LogP contribution in [-0.2, 0) is 20.3 Å². The van der Waals surface area contributed by atoms with Crippen molar-refractivity contribution in [2.75, 3.05) is 18.8 Å². The van der Waals surface area contributed by atoms with Crippen LogP contribution >= 0.6 is 0 Å². The maximum Gasteiger partial charge on any atom is 0.410 e. The molecule has 0 bridgehead atoms. The molecular formula is C16H24N2O4S. The molecule has 1 aliphatic rings. The average molecular weight is 340 g/mol. The third-order valence-electron chi connectivity index (χ3n) is 3.56. The Balaban J connectivity index is 1.88. The Morgan fingerprint density at radius 1 is 1.35 bits per heavy atom. The van der Waals surface area contributed by atoms with E-state index in [0.29, 0.717) is 19.5 Å². The fourth-order valence-corrected chi connectivity index (χ4v) is 4.42. The topological polar surface area (TPSA) is 76.6 Å². The van der Waals surface area contributed by atoms with Gasteiger partial charge in [0.15, 0.2) is 9.84 Å². The molecule has 1 aromatic rings. The maximum absolute atomic E-state index is 12.3. The van der Waals surface area contributed by atoms with E-state index < -0.39 is 15.4 Å². The first-order valence-electron chi connectivity index (χ1n) is 7.72. The van der Waals surface area contributed by atoms with Crippen LogP contribution in [0.3, 0.4) is 0 Å². The number of hydrogen-bond acceptors (Lipinski definition) is 5. The lowest BCUT2D eigenvalue weighted by atomic mass is 10.2. The molecule has 1 aromatic heterocycles. The first-order chi connectivity index (χ1) is 10.6. The number of sulfone groups is 1. The van der Waals surface area contributed by atoms with Crippen LogP contribution in [0.1, 0.15) is 32.8 Å². The van der Waals surface area contributed by atoms with Crippen molar-refractivity contribution in [2.45, 2.75) is 38.5 Å². The van der Waals surface area contributed by atoms with Gasteiger partial charge < -0.3 is 9.64 Å². The minimum atomic E-state index is -3.21. The van der Waals surface area contributed by atoms with Crippen LogP contribution in [0.2, 0.25) is 0 Å². The van der Waals surface area contributed by atoms with Crippen molar-refractivity contribution < 1.29 is 17.9 Å². The van der Waals surface area contributed by atoms with Crippen molar-refractivity contribution in [1.29, 1.82) is 0 Å². The molecule has 0 radical (unpaired) electrons. The summed E-state index contributed by atoms with van der Waals surface area (Å²) < 4.78 is 29.9. The molecule has 0 N–H and O–H groups in total. The molecule has 1 atom stereocenters. The Bertz CT molecular complexity index is 638. The summed E-state index contributed by atoms with van der Waals surface area (Å²) in [7, 11) is -3.21. The predicted molar refractivity (Wildman–Crippen MR) is 87.6 cm³/mol. The Hall–Kier alpha value is -1.63. The molecule has 128 valence electrons. The van der Waals surface area contributed by atoms with Gasteiger partial charge in [-0.2, -0.15) is 0 Å². The number of amides is 1. The minimum absolute atomic E-state index is 0.0124. The molecule has 2 heterocycles. The van der Waals surface area contributed by atoms with Crippen LogP contribution in [-0.4, -0.2) is 48.8 Å². The molecule has 0 spiro atoms. The number of ether oxygens (including phenoxy) is 1. The van der Waals surface area contributed by atoms with Gasteiger partial charge in [-0.05, 0) is 50.8 Å². The Kier molecular flexibility index (Phi) is 5.29. The normalized spacial score (nSPS) is 18.9. The van der Waals surface area contributed by atoms with E-state index >= 15 is 0 Å². The van der Waals surface area contributed by atoms with Gasteiger partial charge in [-0.15, -0.1) is 0 Å². The van der Waals surface area contributed by atoms with E-state index in [9.17, 15) is 13.2 Å². The Morgan fingerprint density at radius 3 is 2.61 bits per heavy atom. The second-order valence-electron chi connectivity index (χ2n) is 6.99. The van der Waals surface area contributed by atoms with Crippen molar-refractivity contribution in [1.82, 2.24) is 9.88 Å². The first kappa shape index (κ1) is 17.7. The van der Waals surface area contributed by atoms with Crippen molar-refractivity contribution in [3.63, 3.8) is 0 Å². The molecule has 2 rings (SSSR count). The number of carbonyl (C=O) groups is 1. The predicted octanol–water partition coefficient (Wildman–Crippen LogP) is 2.25. The van der Waals surface area contributed by atoms with Gasteiger partial charge in [0.05, 0.1) is 11.5 Å². The lowest BCUT2D eigenvalue weighted by molar-refractivity contribution is 0.0289. The van der Waals surface area contributed by atoms with E-state index in [0.717, 1.165) is 5.56 Å². The second-order valence-corrected chi connectivity index (χ2v) is 9.10. The standard InChI is InChI=1S/C16H24N2O4S/c1-16(2,3)22-15(19)18-9-6-14(10-18)12-23(20,21)11-13-4-7-17-8-5-13/h4-5,7-8,14H,6,9-12H2,1-3H3. The molecule has 1 aliphatic heterocycles. The van der Waals surface area contributed by atoms with Gasteiger partial charge in [0.2, 0.25) is 0 Å². The SMILES string of the molecule is CC(C)(C)OC(=O)N1CCC(CS(=O)(=O)Cc2ccncc2)C1. The Morgan fingerprint density at radius 2 is 2.00 bits per heavy atom. The van der Waals surface area contributed by atoms with Gasteiger partial charge in [-0.3, -0.25) is 4.98 Å².